The largest absolute Gasteiger partial charge is 0.348 e. The molecule has 0 aliphatic carbocycles. The Labute approximate surface area is 168 Å². The first kappa shape index (κ1) is 21.5. The SMILES string of the molecule is Cc1nn(C)c(C)c1NC(=O)CNC(=O)c1ccccc1SCC(=O)N(C)C. The normalized spacial score (nSPS) is 10.5. The first-order chi connectivity index (χ1) is 13.2. The lowest BCUT2D eigenvalue weighted by Crippen LogP contribution is -2.33. The highest BCUT2D eigenvalue weighted by molar-refractivity contribution is 8.00. The number of nitrogens with one attached hydrogen (secondary N) is 2. The van der Waals surface area contributed by atoms with Crippen LogP contribution in [0.3, 0.4) is 0 Å². The average molecular weight is 404 g/mol. The molecule has 0 unspecified atom stereocenters. The summed E-state index contributed by atoms with van der Waals surface area (Å²) in [6.45, 7) is 3.50. The lowest BCUT2D eigenvalue weighted by molar-refractivity contribution is -0.125. The molecule has 28 heavy (non-hydrogen) atoms. The highest BCUT2D eigenvalue weighted by atomic mass is 32.2. The fraction of sp³-hybridized carbons (Fsp3) is 0.368. The van der Waals surface area contributed by atoms with Crippen LogP contribution in [0.25, 0.3) is 0 Å². The van der Waals surface area contributed by atoms with Gasteiger partial charge in [-0.25, -0.2) is 0 Å². The van der Waals surface area contributed by atoms with Gasteiger partial charge < -0.3 is 15.5 Å². The first-order valence-corrected chi connectivity index (χ1v) is 9.69. The van der Waals surface area contributed by atoms with E-state index in [1.165, 1.54) is 16.7 Å². The molecule has 0 saturated carbocycles. The van der Waals surface area contributed by atoms with Gasteiger partial charge in [0, 0.05) is 26.0 Å². The number of anilines is 1. The van der Waals surface area contributed by atoms with Crippen LogP contribution in [0.1, 0.15) is 21.7 Å². The maximum atomic E-state index is 12.5. The van der Waals surface area contributed by atoms with Crippen molar-refractivity contribution in [1.82, 2.24) is 20.0 Å². The van der Waals surface area contributed by atoms with Crippen molar-refractivity contribution in [3.05, 3.63) is 41.2 Å². The number of thioether (sulfide) groups is 1. The monoisotopic (exact) mass is 403 g/mol. The van der Waals surface area contributed by atoms with Gasteiger partial charge in [0.25, 0.3) is 5.91 Å². The van der Waals surface area contributed by atoms with Crippen LogP contribution in [0, 0.1) is 13.8 Å². The summed E-state index contributed by atoms with van der Waals surface area (Å²) in [6.07, 6.45) is 0. The number of aromatic nitrogens is 2. The van der Waals surface area contributed by atoms with Crippen molar-refractivity contribution < 1.29 is 14.4 Å². The molecular weight excluding hydrogens is 378 g/mol. The summed E-state index contributed by atoms with van der Waals surface area (Å²) in [4.78, 5) is 38.7. The van der Waals surface area contributed by atoms with Crippen molar-refractivity contribution in [3.8, 4) is 0 Å². The van der Waals surface area contributed by atoms with E-state index in [1.807, 2.05) is 13.8 Å². The van der Waals surface area contributed by atoms with E-state index in [-0.39, 0.29) is 30.0 Å². The fourth-order valence-electron chi connectivity index (χ4n) is 2.44. The van der Waals surface area contributed by atoms with Crippen LogP contribution in [-0.4, -0.2) is 58.8 Å². The van der Waals surface area contributed by atoms with Gasteiger partial charge in [0.1, 0.15) is 0 Å². The summed E-state index contributed by atoms with van der Waals surface area (Å²) in [5, 5.41) is 9.66. The Morgan fingerprint density at radius 2 is 1.86 bits per heavy atom. The molecule has 1 aromatic heterocycles. The smallest absolute Gasteiger partial charge is 0.252 e. The van der Waals surface area contributed by atoms with E-state index in [0.717, 1.165) is 5.69 Å². The molecule has 2 aromatic rings. The Bertz CT molecular complexity index is 892. The second-order valence-corrected chi connectivity index (χ2v) is 7.49. The topological polar surface area (TPSA) is 96.3 Å². The van der Waals surface area contributed by atoms with Crippen molar-refractivity contribution >= 4 is 35.2 Å². The number of rotatable bonds is 7. The van der Waals surface area contributed by atoms with Crippen molar-refractivity contribution in [2.24, 2.45) is 7.05 Å². The van der Waals surface area contributed by atoms with Crippen molar-refractivity contribution in [1.29, 1.82) is 0 Å². The lowest BCUT2D eigenvalue weighted by Gasteiger charge is -2.12. The van der Waals surface area contributed by atoms with Gasteiger partial charge in [0.05, 0.1) is 34.9 Å². The van der Waals surface area contributed by atoms with Crippen molar-refractivity contribution in [3.63, 3.8) is 0 Å². The number of hydrogen-bond donors (Lipinski definition) is 2. The van der Waals surface area contributed by atoms with Crippen LogP contribution in [0.2, 0.25) is 0 Å². The Balaban J connectivity index is 1.97. The van der Waals surface area contributed by atoms with Gasteiger partial charge in [-0.15, -0.1) is 11.8 Å². The van der Waals surface area contributed by atoms with Gasteiger partial charge in [-0.1, -0.05) is 12.1 Å². The molecule has 8 nitrogen and oxygen atoms in total. The fourth-order valence-corrected chi connectivity index (χ4v) is 3.47. The van der Waals surface area contributed by atoms with Crippen molar-refractivity contribution in [2.75, 3.05) is 31.7 Å². The van der Waals surface area contributed by atoms with Crippen LogP contribution in [0.15, 0.2) is 29.2 Å². The molecule has 0 bridgehead atoms. The molecule has 0 atom stereocenters. The zero-order valence-electron chi connectivity index (χ0n) is 16.7. The predicted octanol–water partition coefficient (Wildman–Crippen LogP) is 1.59. The molecule has 0 fully saturated rings. The molecule has 150 valence electrons. The number of carbonyl (C=O) groups excluding carboxylic acids is 3. The molecule has 1 aromatic carbocycles. The summed E-state index contributed by atoms with van der Waals surface area (Å²) in [7, 11) is 5.17. The third-order valence-electron chi connectivity index (χ3n) is 4.16. The number of carbonyl (C=O) groups is 3. The lowest BCUT2D eigenvalue weighted by atomic mass is 10.2. The molecule has 2 N–H and O–H groups in total. The van der Waals surface area contributed by atoms with E-state index >= 15 is 0 Å². The standard InChI is InChI=1S/C19H25N5O3S/c1-12-18(13(2)24(5)22-12)21-16(25)10-20-19(27)14-8-6-7-9-15(14)28-11-17(26)23(3)4/h6-9H,10-11H2,1-5H3,(H,20,27)(H,21,25). The average Bonchev–Trinajstić information content (AvgIpc) is 2.90. The zero-order chi connectivity index (χ0) is 20.8. The number of amides is 3. The molecule has 0 spiro atoms. The molecule has 0 aliphatic heterocycles. The molecule has 0 aliphatic rings. The van der Waals surface area contributed by atoms with E-state index in [2.05, 4.69) is 15.7 Å². The first-order valence-electron chi connectivity index (χ1n) is 8.71. The molecule has 1 heterocycles. The third-order valence-corrected chi connectivity index (χ3v) is 5.22. The second-order valence-electron chi connectivity index (χ2n) is 6.47. The molecular formula is C19H25N5O3S. The zero-order valence-corrected chi connectivity index (χ0v) is 17.5. The second kappa shape index (κ2) is 9.41. The van der Waals surface area contributed by atoms with Gasteiger partial charge in [0.15, 0.2) is 0 Å². The van der Waals surface area contributed by atoms with E-state index in [1.54, 1.807) is 50.1 Å². The number of hydrogen-bond acceptors (Lipinski definition) is 5. The van der Waals surface area contributed by atoms with E-state index in [0.29, 0.717) is 21.8 Å². The van der Waals surface area contributed by atoms with Crippen LogP contribution < -0.4 is 10.6 Å². The quantitative estimate of drug-likeness (QED) is 0.685. The van der Waals surface area contributed by atoms with Crippen LogP contribution in [-0.2, 0) is 16.6 Å². The highest BCUT2D eigenvalue weighted by Gasteiger charge is 2.16. The van der Waals surface area contributed by atoms with Crippen LogP contribution in [0.5, 0.6) is 0 Å². The summed E-state index contributed by atoms with van der Waals surface area (Å²) in [6, 6.07) is 7.01. The summed E-state index contributed by atoms with van der Waals surface area (Å²) >= 11 is 1.29. The minimum Gasteiger partial charge on any atom is -0.348 e. The summed E-state index contributed by atoms with van der Waals surface area (Å²) in [5.41, 5.74) is 2.64. The van der Waals surface area contributed by atoms with Gasteiger partial charge >= 0.3 is 0 Å². The Morgan fingerprint density at radius 1 is 1.18 bits per heavy atom. The van der Waals surface area contributed by atoms with Gasteiger partial charge in [-0.05, 0) is 26.0 Å². The summed E-state index contributed by atoms with van der Waals surface area (Å²) in [5.74, 6) is -0.505. The van der Waals surface area contributed by atoms with E-state index in [4.69, 9.17) is 0 Å². The minimum atomic E-state index is -0.366. The van der Waals surface area contributed by atoms with E-state index < -0.39 is 0 Å². The molecule has 0 radical (unpaired) electrons. The maximum Gasteiger partial charge on any atom is 0.252 e. The predicted molar refractivity (Wildman–Crippen MR) is 110 cm³/mol. The highest BCUT2D eigenvalue weighted by Crippen LogP contribution is 2.23. The van der Waals surface area contributed by atoms with Crippen LogP contribution >= 0.6 is 11.8 Å². The minimum absolute atomic E-state index is 0.0400. The van der Waals surface area contributed by atoms with Crippen LogP contribution in [0.4, 0.5) is 5.69 Å². The van der Waals surface area contributed by atoms with Crippen molar-refractivity contribution in [2.45, 2.75) is 18.7 Å². The molecule has 2 rings (SSSR count). The maximum absolute atomic E-state index is 12.5. The Hall–Kier alpha value is -2.81. The Kier molecular flexibility index (Phi) is 7.22. The number of nitrogens with zero attached hydrogens (tertiary/aromatic N) is 3. The third kappa shape index (κ3) is 5.35. The molecule has 9 heteroatoms. The molecule has 3 amide bonds. The van der Waals surface area contributed by atoms with Gasteiger partial charge in [-0.2, -0.15) is 5.10 Å². The Morgan fingerprint density at radius 3 is 2.46 bits per heavy atom. The molecule has 0 saturated heterocycles. The van der Waals surface area contributed by atoms with E-state index in [9.17, 15) is 14.4 Å². The van der Waals surface area contributed by atoms with Gasteiger partial charge in [-0.3, -0.25) is 19.1 Å². The van der Waals surface area contributed by atoms with Gasteiger partial charge in [0.2, 0.25) is 11.8 Å². The number of benzene rings is 1. The number of aryl methyl sites for hydroxylation is 2. The summed E-state index contributed by atoms with van der Waals surface area (Å²) < 4.78 is 1.69.